The highest BCUT2D eigenvalue weighted by atomic mass is 127. The third kappa shape index (κ3) is 5.46. The molecule has 0 aliphatic heterocycles. The van der Waals surface area contributed by atoms with Crippen molar-refractivity contribution < 1.29 is 4.74 Å². The van der Waals surface area contributed by atoms with Gasteiger partial charge in [-0.05, 0) is 27.7 Å². The second-order valence-corrected chi connectivity index (χ2v) is 4.71. The first-order chi connectivity index (χ1) is 9.54. The molecule has 0 aliphatic rings. The van der Waals surface area contributed by atoms with Crippen molar-refractivity contribution in [3.63, 3.8) is 0 Å². The third-order valence-electron chi connectivity index (χ3n) is 3.53. The first-order valence-electron chi connectivity index (χ1n) is 7.11. The summed E-state index contributed by atoms with van der Waals surface area (Å²) in [6.45, 7) is 12.0. The van der Waals surface area contributed by atoms with Crippen LogP contribution in [-0.2, 0) is 17.8 Å². The second kappa shape index (κ2) is 9.99. The van der Waals surface area contributed by atoms with E-state index in [-0.39, 0.29) is 24.0 Å². The van der Waals surface area contributed by atoms with Crippen LogP contribution in [0.1, 0.15) is 30.8 Å². The average Bonchev–Trinajstić information content (AvgIpc) is 2.70. The zero-order valence-corrected chi connectivity index (χ0v) is 16.0. The van der Waals surface area contributed by atoms with Crippen LogP contribution in [0.2, 0.25) is 0 Å². The average molecular weight is 409 g/mol. The summed E-state index contributed by atoms with van der Waals surface area (Å²) in [5, 5.41) is 4.52. The van der Waals surface area contributed by atoms with Crippen molar-refractivity contribution in [3.8, 4) is 0 Å². The van der Waals surface area contributed by atoms with Crippen molar-refractivity contribution in [2.45, 2.75) is 40.8 Å². The first kappa shape index (κ1) is 20.2. The van der Waals surface area contributed by atoms with E-state index in [2.05, 4.69) is 30.9 Å². The molecule has 6 nitrogen and oxygen atoms in total. The van der Waals surface area contributed by atoms with Gasteiger partial charge in [-0.1, -0.05) is 0 Å². The fraction of sp³-hybridized carbons (Fsp3) is 0.714. The number of aromatic nitrogens is 2. The number of methoxy groups -OCH3 is 1. The molecule has 21 heavy (non-hydrogen) atoms. The summed E-state index contributed by atoms with van der Waals surface area (Å²) >= 11 is 0. The molecule has 0 saturated heterocycles. The van der Waals surface area contributed by atoms with Crippen LogP contribution in [0.25, 0.3) is 0 Å². The molecule has 0 aromatic carbocycles. The van der Waals surface area contributed by atoms with Crippen LogP contribution in [-0.4, -0.2) is 47.4 Å². The number of rotatable bonds is 7. The molecule has 0 atom stereocenters. The second-order valence-electron chi connectivity index (χ2n) is 4.71. The van der Waals surface area contributed by atoms with E-state index in [4.69, 9.17) is 10.5 Å². The molecule has 0 fully saturated rings. The Balaban J connectivity index is 0.00000400. The standard InChI is InChI=1S/C14H27N5O.HI/c1-6-18(7-2)14(15)16-10-13-11(3)17-19(12(13)4)8-9-20-5;/h6-10H2,1-5H3,(H2,15,16);1H. The van der Waals surface area contributed by atoms with Crippen LogP contribution in [0.4, 0.5) is 0 Å². The molecular formula is C14H28IN5O. The van der Waals surface area contributed by atoms with E-state index in [1.165, 1.54) is 0 Å². The van der Waals surface area contributed by atoms with E-state index < -0.39 is 0 Å². The highest BCUT2D eigenvalue weighted by Crippen LogP contribution is 2.14. The van der Waals surface area contributed by atoms with Gasteiger partial charge in [0.1, 0.15) is 0 Å². The normalized spacial score (nSPS) is 11.4. The van der Waals surface area contributed by atoms with Crippen LogP contribution in [0.3, 0.4) is 0 Å². The Bertz CT molecular complexity index is 454. The molecular weight excluding hydrogens is 381 g/mol. The summed E-state index contributed by atoms with van der Waals surface area (Å²) < 4.78 is 7.06. The predicted octanol–water partition coefficient (Wildman–Crippen LogP) is 1.92. The zero-order valence-electron chi connectivity index (χ0n) is 13.7. The Hall–Kier alpha value is -0.830. The summed E-state index contributed by atoms with van der Waals surface area (Å²) in [6, 6.07) is 0. The summed E-state index contributed by atoms with van der Waals surface area (Å²) in [5.41, 5.74) is 9.30. The lowest BCUT2D eigenvalue weighted by Crippen LogP contribution is -2.37. The van der Waals surface area contributed by atoms with Gasteiger partial charge in [-0.3, -0.25) is 4.68 Å². The molecule has 122 valence electrons. The minimum Gasteiger partial charge on any atom is -0.383 e. The number of aryl methyl sites for hydroxylation is 1. The van der Waals surface area contributed by atoms with E-state index in [9.17, 15) is 0 Å². The lowest BCUT2D eigenvalue weighted by molar-refractivity contribution is 0.182. The van der Waals surface area contributed by atoms with E-state index in [1.807, 2.05) is 16.5 Å². The summed E-state index contributed by atoms with van der Waals surface area (Å²) in [6.07, 6.45) is 0. The quantitative estimate of drug-likeness (QED) is 0.425. The topological polar surface area (TPSA) is 68.7 Å². The maximum absolute atomic E-state index is 6.00. The maximum Gasteiger partial charge on any atom is 0.191 e. The molecule has 0 unspecified atom stereocenters. The van der Waals surface area contributed by atoms with Crippen LogP contribution in [0.15, 0.2) is 4.99 Å². The highest BCUT2D eigenvalue weighted by molar-refractivity contribution is 14.0. The van der Waals surface area contributed by atoms with Crippen LogP contribution < -0.4 is 5.73 Å². The zero-order chi connectivity index (χ0) is 15.1. The number of hydrogen-bond acceptors (Lipinski definition) is 3. The Morgan fingerprint density at radius 1 is 1.33 bits per heavy atom. The molecule has 2 N–H and O–H groups in total. The monoisotopic (exact) mass is 409 g/mol. The van der Waals surface area contributed by atoms with Gasteiger partial charge in [0, 0.05) is 31.5 Å². The number of ether oxygens (including phenoxy) is 1. The van der Waals surface area contributed by atoms with Gasteiger partial charge in [0.25, 0.3) is 0 Å². The predicted molar refractivity (Wildman–Crippen MR) is 97.2 cm³/mol. The van der Waals surface area contributed by atoms with E-state index >= 15 is 0 Å². The fourth-order valence-corrected chi connectivity index (χ4v) is 2.17. The molecule has 0 radical (unpaired) electrons. The highest BCUT2D eigenvalue weighted by Gasteiger charge is 2.11. The molecule has 0 spiro atoms. The van der Waals surface area contributed by atoms with Gasteiger partial charge in [-0.2, -0.15) is 5.10 Å². The van der Waals surface area contributed by atoms with Gasteiger partial charge >= 0.3 is 0 Å². The third-order valence-corrected chi connectivity index (χ3v) is 3.53. The minimum atomic E-state index is 0. The van der Waals surface area contributed by atoms with Crippen molar-refractivity contribution in [2.24, 2.45) is 10.7 Å². The van der Waals surface area contributed by atoms with Crippen LogP contribution >= 0.6 is 24.0 Å². The first-order valence-corrected chi connectivity index (χ1v) is 7.11. The molecule has 1 heterocycles. The Morgan fingerprint density at radius 3 is 2.48 bits per heavy atom. The molecule has 0 aliphatic carbocycles. The SMILES string of the molecule is CCN(CC)C(N)=NCc1c(C)nn(CCOC)c1C.I. The largest absolute Gasteiger partial charge is 0.383 e. The smallest absolute Gasteiger partial charge is 0.191 e. The Morgan fingerprint density at radius 2 is 1.95 bits per heavy atom. The van der Waals surface area contributed by atoms with Crippen LogP contribution in [0, 0.1) is 13.8 Å². The number of aliphatic imine (C=N–C) groups is 1. The molecule has 1 rings (SSSR count). The van der Waals surface area contributed by atoms with Gasteiger partial charge in [-0.25, -0.2) is 4.99 Å². The van der Waals surface area contributed by atoms with Crippen molar-refractivity contribution in [3.05, 3.63) is 17.0 Å². The minimum absolute atomic E-state index is 0. The molecule has 0 amide bonds. The van der Waals surface area contributed by atoms with Gasteiger partial charge in [0.2, 0.25) is 0 Å². The Kier molecular flexibility index (Phi) is 9.60. The molecule has 0 bridgehead atoms. The fourth-order valence-electron chi connectivity index (χ4n) is 2.17. The van der Waals surface area contributed by atoms with E-state index in [0.29, 0.717) is 19.1 Å². The van der Waals surface area contributed by atoms with Gasteiger partial charge in [0.05, 0.1) is 25.4 Å². The van der Waals surface area contributed by atoms with Gasteiger partial charge in [0.15, 0.2) is 5.96 Å². The molecule has 7 heteroatoms. The van der Waals surface area contributed by atoms with Crippen molar-refractivity contribution >= 4 is 29.9 Å². The molecule has 1 aromatic rings. The summed E-state index contributed by atoms with van der Waals surface area (Å²) in [4.78, 5) is 6.53. The van der Waals surface area contributed by atoms with Crippen molar-refractivity contribution in [1.82, 2.24) is 14.7 Å². The number of guanidine groups is 1. The molecule has 0 saturated carbocycles. The summed E-state index contributed by atoms with van der Waals surface area (Å²) in [7, 11) is 1.70. The number of halogens is 1. The maximum atomic E-state index is 6.00. The van der Waals surface area contributed by atoms with Gasteiger partial charge < -0.3 is 15.4 Å². The van der Waals surface area contributed by atoms with E-state index in [1.54, 1.807) is 7.11 Å². The molecule has 1 aromatic heterocycles. The number of hydrogen-bond donors (Lipinski definition) is 1. The number of nitrogens with two attached hydrogens (primary N) is 1. The number of nitrogens with zero attached hydrogens (tertiary/aromatic N) is 4. The van der Waals surface area contributed by atoms with Crippen LogP contribution in [0.5, 0.6) is 0 Å². The lowest BCUT2D eigenvalue weighted by atomic mass is 10.2. The van der Waals surface area contributed by atoms with Crippen molar-refractivity contribution in [2.75, 3.05) is 26.8 Å². The van der Waals surface area contributed by atoms with Crippen molar-refractivity contribution in [1.29, 1.82) is 0 Å². The van der Waals surface area contributed by atoms with Gasteiger partial charge in [-0.15, -0.1) is 24.0 Å². The summed E-state index contributed by atoms with van der Waals surface area (Å²) in [5.74, 6) is 0.596. The lowest BCUT2D eigenvalue weighted by Gasteiger charge is -2.19. The Labute approximate surface area is 144 Å². The van der Waals surface area contributed by atoms with E-state index in [0.717, 1.165) is 36.6 Å².